The molecule has 142 heavy (non-hydrogen) atoms. The molecule has 0 saturated carbocycles. The van der Waals surface area contributed by atoms with Gasteiger partial charge in [-0.1, -0.05) is 34.6 Å². The lowest BCUT2D eigenvalue weighted by molar-refractivity contribution is 0.000732. The van der Waals surface area contributed by atoms with Gasteiger partial charge in [-0.25, -0.2) is 19.2 Å². The number of rotatable bonds is 54. The summed E-state index contributed by atoms with van der Waals surface area (Å²) in [5, 5.41) is 125. The minimum absolute atomic E-state index is 0.254. The van der Waals surface area contributed by atoms with Crippen molar-refractivity contribution in [1.82, 2.24) is 78.4 Å². The van der Waals surface area contributed by atoms with Crippen molar-refractivity contribution in [2.24, 2.45) is 0 Å². The molecule has 0 bridgehead atoms. The largest absolute Gasteiger partial charge is 0.453 e. The molecule has 12 atom stereocenters. The first-order valence-corrected chi connectivity index (χ1v) is 53.3. The van der Waals surface area contributed by atoms with Crippen LogP contribution in [-0.4, -0.2) is 647 Å². The Bertz CT molecular complexity index is 2900. The molecule has 4 rings (SSSR count). The lowest BCUT2D eigenvalue weighted by Gasteiger charge is -2.35. The highest BCUT2D eigenvalue weighted by atomic mass is 16.6. The van der Waals surface area contributed by atoms with Crippen molar-refractivity contribution in [2.45, 2.75) is 213 Å². The molecule has 0 aromatic carbocycles. The maximum atomic E-state index is 12.5. The topological polar surface area (TPSA) is 464 Å². The number of carbonyl (C=O) groups excluding carboxylic acids is 4. The van der Waals surface area contributed by atoms with Gasteiger partial charge in [0.15, 0.2) is 0 Å². The predicted molar refractivity (Wildman–Crippen MR) is 551 cm³/mol. The second-order valence-corrected chi connectivity index (χ2v) is 37.6. The van der Waals surface area contributed by atoms with E-state index in [9.17, 15) is 80.5 Å². The first kappa shape index (κ1) is 136. The highest BCUT2D eigenvalue weighted by molar-refractivity contribution is 5.68. The van der Waals surface area contributed by atoms with E-state index in [-0.39, 0.29) is 63.5 Å². The van der Waals surface area contributed by atoms with Gasteiger partial charge in [0.05, 0.1) is 135 Å². The number of unbranched alkanes of at least 4 members (excludes halogenated alkanes) is 2. The molecule has 12 N–H and O–H groups in total. The van der Waals surface area contributed by atoms with Crippen LogP contribution in [0.5, 0.6) is 0 Å². The van der Waals surface area contributed by atoms with E-state index in [2.05, 4.69) is 58.8 Å². The number of nitrogens with zero attached hydrogens (tertiary/aromatic N) is 16. The molecule has 0 aromatic heterocycles. The summed E-state index contributed by atoms with van der Waals surface area (Å²) in [5.41, 5.74) is 0. The third kappa shape index (κ3) is 68.5. The maximum absolute atomic E-state index is 12.5. The van der Waals surface area contributed by atoms with Crippen molar-refractivity contribution in [3.8, 4) is 0 Å². The Morgan fingerprint density at radius 3 is 0.458 bits per heavy atom. The molecule has 0 radical (unpaired) electrons. The van der Waals surface area contributed by atoms with Gasteiger partial charge in [0.1, 0.15) is 0 Å². The molecule has 4 heterocycles. The van der Waals surface area contributed by atoms with Crippen molar-refractivity contribution >= 4 is 24.4 Å². The minimum atomic E-state index is -0.640. The number of ether oxygens (including phenoxy) is 11. The smallest absolute Gasteiger partial charge is 0.409 e. The fourth-order valence-corrected chi connectivity index (χ4v) is 16.8. The van der Waals surface area contributed by atoms with Crippen LogP contribution in [0.15, 0.2) is 0 Å². The van der Waals surface area contributed by atoms with Gasteiger partial charge in [-0.15, -0.1) is 0 Å². The third-order valence-corrected chi connectivity index (χ3v) is 25.9. The van der Waals surface area contributed by atoms with Crippen LogP contribution in [0.2, 0.25) is 0 Å². The van der Waals surface area contributed by atoms with Crippen LogP contribution in [0.4, 0.5) is 19.2 Å². The van der Waals surface area contributed by atoms with Gasteiger partial charge in [-0.05, 0) is 105 Å². The fraction of sp³-hybridized carbons (Fsp3) is 0.960. The average Bonchev–Trinajstić information content (AvgIpc) is 0.898. The van der Waals surface area contributed by atoms with E-state index in [0.29, 0.717) is 327 Å². The highest BCUT2D eigenvalue weighted by Gasteiger charge is 2.31. The van der Waals surface area contributed by atoms with Gasteiger partial charge < -0.3 is 133 Å². The van der Waals surface area contributed by atoms with Crippen molar-refractivity contribution < 1.29 is 133 Å². The summed E-state index contributed by atoms with van der Waals surface area (Å²) in [7, 11) is 8.92. The number of amides is 4. The average molecular weight is 2050 g/mol. The van der Waals surface area contributed by atoms with Crippen LogP contribution in [0.3, 0.4) is 0 Å². The summed E-state index contributed by atoms with van der Waals surface area (Å²) >= 11 is 0. The number of hydrogen-bond donors (Lipinski definition) is 12. The lowest BCUT2D eigenvalue weighted by Crippen LogP contribution is -2.50. The molecule has 43 nitrogen and oxygen atoms in total. The quantitative estimate of drug-likeness (QED) is 0.0284. The summed E-state index contributed by atoms with van der Waals surface area (Å²) < 4.78 is 57.2. The first-order chi connectivity index (χ1) is 68.3. The van der Waals surface area contributed by atoms with E-state index in [1.807, 2.05) is 69.2 Å². The Labute approximate surface area is 854 Å². The lowest BCUT2D eigenvalue weighted by atomic mass is 10.1. The van der Waals surface area contributed by atoms with Gasteiger partial charge >= 0.3 is 24.4 Å². The Morgan fingerprint density at radius 1 is 0.197 bits per heavy atom. The Morgan fingerprint density at radius 2 is 0.331 bits per heavy atom. The number of aliphatic hydroxyl groups is 12. The molecule has 844 valence electrons. The summed E-state index contributed by atoms with van der Waals surface area (Å²) in [4.78, 5) is 82.8. The molecular weight excluding hydrogens is 1850 g/mol. The van der Waals surface area contributed by atoms with Crippen LogP contribution < -0.4 is 0 Å². The number of aliphatic hydroxyl groups excluding tert-OH is 12. The third-order valence-electron chi connectivity index (χ3n) is 25.9. The number of methoxy groups -OCH3 is 6. The van der Waals surface area contributed by atoms with E-state index in [1.54, 1.807) is 33.8 Å². The van der Waals surface area contributed by atoms with Crippen molar-refractivity contribution in [3.63, 3.8) is 0 Å². The molecule has 4 fully saturated rings. The molecule has 4 aliphatic rings. The SMILES string of the molecule is CCC(O)CN1CCN(CC(O)CC)CCN(C(=O)OC)CCN(CC(O)CC)CC1.CCC(O)CN1CCN(CC(O)CC)CCN(C(=O)OC)CCN(CC(O)CCCCOC)CC1.CCOCC(O)CN1CCN(CC(O)CCCCOC)CCN(C(=O)OC)CCN(CC(O)COCC)CC1.CCOCC(O)CN1CCN(CC(O)COCC)CCN(C(=O)OC)CCN(CC(O)COCC)CC1. The van der Waals surface area contributed by atoms with E-state index < -0.39 is 67.1 Å². The zero-order chi connectivity index (χ0) is 106. The van der Waals surface area contributed by atoms with Gasteiger partial charge in [0.2, 0.25) is 0 Å². The predicted octanol–water partition coefficient (Wildman–Crippen LogP) is 0.0943. The van der Waals surface area contributed by atoms with Crippen LogP contribution in [0.25, 0.3) is 0 Å². The molecule has 0 aliphatic carbocycles. The van der Waals surface area contributed by atoms with Gasteiger partial charge in [-0.2, -0.15) is 0 Å². The van der Waals surface area contributed by atoms with Gasteiger partial charge in [0.25, 0.3) is 0 Å². The minimum Gasteiger partial charge on any atom is -0.453 e. The van der Waals surface area contributed by atoms with Crippen molar-refractivity contribution in [2.75, 3.05) is 410 Å². The summed E-state index contributed by atoms with van der Waals surface area (Å²) in [6, 6.07) is 0. The monoisotopic (exact) mass is 2050 g/mol. The van der Waals surface area contributed by atoms with E-state index >= 15 is 0 Å². The highest BCUT2D eigenvalue weighted by Crippen LogP contribution is 2.16. The zero-order valence-corrected chi connectivity index (χ0v) is 91.0. The number of hydrogen-bond acceptors (Lipinski definition) is 39. The molecule has 43 heteroatoms. The van der Waals surface area contributed by atoms with Gasteiger partial charge in [0, 0.05) is 348 Å². The maximum Gasteiger partial charge on any atom is 0.409 e. The van der Waals surface area contributed by atoms with Crippen LogP contribution >= 0.6 is 0 Å². The molecule has 0 aromatic rings. The second kappa shape index (κ2) is 87.5. The standard InChI is InChI=1S/C27H56N4O8.C25H52N4O8.C25H52N4O6.C22H46N4O5/c1-5-38-22-25(33)20-28-10-12-29(19-24(32)9-7-8-18-36-3)14-16-31(27(35)37-4)17-15-30(13-11-28)21-26(34)23-39-6-2;1-5-35-19-22(30)16-26-8-10-27(17-23(31)20-36-6-2)12-14-29(25(33)34-4)15-13-28(11-9-26)18-24(32)21-37-7-3;1-5-22(30)19-26-10-12-27(20-23(31)6-2)14-16-29(25(33)35-4)17-15-28(13-11-26)21-24(32)9-7-8-18-34-3;1-5-19(27)16-23-8-10-24(17-20(28)6-2)12-14-26(22(30)31-4)15-13-25(11-9-23)18-21(29)7-3/h24-26,32-34H,5-23H2,1-4H3;22-24,30-32H,5-21H2,1-4H3;22-24,30-32H,5-21H2,1-4H3;19-21,27-29H,5-18H2,1-4H3. The molecule has 12 unspecified atom stereocenters. The normalized spacial score (nSPS) is 20.5. The molecule has 4 aliphatic heterocycles. The van der Waals surface area contributed by atoms with E-state index in [4.69, 9.17) is 52.1 Å². The van der Waals surface area contributed by atoms with E-state index in [1.165, 1.54) is 28.4 Å². The molecule has 4 amide bonds. The van der Waals surface area contributed by atoms with E-state index in [0.717, 1.165) is 78.0 Å². The number of β-amino-alcohol motifs (C(OH)–C–C–N with tert-alkyl or cyclic N) is 12. The van der Waals surface area contributed by atoms with Crippen LogP contribution in [-0.2, 0) is 52.1 Å². The molecule has 0 spiro atoms. The summed E-state index contributed by atoms with van der Waals surface area (Å²) in [5.74, 6) is 0. The van der Waals surface area contributed by atoms with Crippen LogP contribution in [0, 0.1) is 0 Å². The Hall–Kier alpha value is -4.16. The fourth-order valence-electron chi connectivity index (χ4n) is 16.8. The van der Waals surface area contributed by atoms with Crippen LogP contribution in [0.1, 0.15) is 140 Å². The van der Waals surface area contributed by atoms with Crippen molar-refractivity contribution in [1.29, 1.82) is 0 Å². The first-order valence-electron chi connectivity index (χ1n) is 53.3. The van der Waals surface area contributed by atoms with Gasteiger partial charge in [-0.3, -0.25) is 58.8 Å². The second-order valence-electron chi connectivity index (χ2n) is 37.6. The molecular formula is C99H206N16O27. The zero-order valence-electron chi connectivity index (χ0n) is 91.0. The summed E-state index contributed by atoms with van der Waals surface area (Å²) in [6.45, 7) is 50.9. The molecule has 4 saturated heterocycles. The summed E-state index contributed by atoms with van der Waals surface area (Å²) in [6.07, 6.45) is 0.986. The van der Waals surface area contributed by atoms with Crippen molar-refractivity contribution in [3.05, 3.63) is 0 Å². The Balaban J connectivity index is 0.000000950. The number of carbonyl (C=O) groups is 4. The Kier molecular flexibility index (Phi) is 83.7.